The minimum atomic E-state index is -3.00. The Kier molecular flexibility index (Phi) is 3.09. The van der Waals surface area contributed by atoms with E-state index >= 15 is 0 Å². The smallest absolute Gasteiger partial charge is 0.211 e. The molecule has 1 heterocycles. The van der Waals surface area contributed by atoms with Gasteiger partial charge in [-0.25, -0.2) is 12.7 Å². The molecule has 1 fully saturated rings. The molecule has 0 radical (unpaired) electrons. The molecule has 0 amide bonds. The van der Waals surface area contributed by atoms with E-state index < -0.39 is 10.0 Å². The van der Waals surface area contributed by atoms with Crippen LogP contribution in [0.25, 0.3) is 0 Å². The van der Waals surface area contributed by atoms with Crippen molar-refractivity contribution in [1.82, 2.24) is 9.62 Å². The standard InChI is InChI=1S/C7H16N2O2S/c1-9(12(2,10)11)6-7-4-3-5-8-7/h7-8H,3-6H2,1-2H3. The molecule has 4 nitrogen and oxygen atoms in total. The zero-order chi connectivity index (χ0) is 9.19. The highest BCUT2D eigenvalue weighted by Gasteiger charge is 2.19. The fraction of sp³-hybridized carbons (Fsp3) is 1.00. The predicted molar refractivity (Wildman–Crippen MR) is 48.5 cm³/mol. The molecular weight excluding hydrogens is 176 g/mol. The van der Waals surface area contributed by atoms with Gasteiger partial charge in [-0.2, -0.15) is 0 Å². The second-order valence-electron chi connectivity index (χ2n) is 3.34. The molecule has 1 aliphatic rings. The Morgan fingerprint density at radius 1 is 1.58 bits per heavy atom. The summed E-state index contributed by atoms with van der Waals surface area (Å²) >= 11 is 0. The lowest BCUT2D eigenvalue weighted by atomic mass is 10.2. The average molecular weight is 192 g/mol. The van der Waals surface area contributed by atoms with E-state index in [1.165, 1.54) is 10.6 Å². The molecule has 5 heteroatoms. The molecule has 0 aliphatic carbocycles. The van der Waals surface area contributed by atoms with Crippen LogP contribution in [-0.4, -0.2) is 45.2 Å². The van der Waals surface area contributed by atoms with Gasteiger partial charge < -0.3 is 5.32 Å². The lowest BCUT2D eigenvalue weighted by Crippen LogP contribution is -2.38. The van der Waals surface area contributed by atoms with Gasteiger partial charge >= 0.3 is 0 Å². The third-order valence-corrected chi connectivity index (χ3v) is 3.49. The van der Waals surface area contributed by atoms with Crippen molar-refractivity contribution < 1.29 is 8.42 Å². The second-order valence-corrected chi connectivity index (χ2v) is 5.43. The molecule has 0 spiro atoms. The molecule has 1 saturated heterocycles. The summed E-state index contributed by atoms with van der Waals surface area (Å²) in [6, 6.07) is 0.352. The Labute approximate surface area is 74.0 Å². The van der Waals surface area contributed by atoms with E-state index in [4.69, 9.17) is 0 Å². The summed E-state index contributed by atoms with van der Waals surface area (Å²) in [5.41, 5.74) is 0. The van der Waals surface area contributed by atoms with Gasteiger partial charge in [0.25, 0.3) is 0 Å². The first kappa shape index (κ1) is 9.95. The van der Waals surface area contributed by atoms with Crippen LogP contribution in [0.4, 0.5) is 0 Å². The molecule has 1 N–H and O–H groups in total. The van der Waals surface area contributed by atoms with Crippen molar-refractivity contribution >= 4 is 10.0 Å². The van der Waals surface area contributed by atoms with Gasteiger partial charge in [0, 0.05) is 19.6 Å². The van der Waals surface area contributed by atoms with Gasteiger partial charge in [0.05, 0.1) is 6.26 Å². The summed E-state index contributed by atoms with van der Waals surface area (Å²) in [6.07, 6.45) is 3.48. The minimum absolute atomic E-state index is 0.352. The zero-order valence-corrected chi connectivity index (χ0v) is 8.39. The van der Waals surface area contributed by atoms with E-state index in [1.807, 2.05) is 0 Å². The number of nitrogens with zero attached hydrogens (tertiary/aromatic N) is 1. The lowest BCUT2D eigenvalue weighted by molar-refractivity contribution is 0.420. The van der Waals surface area contributed by atoms with Crippen molar-refractivity contribution in [3.05, 3.63) is 0 Å². The van der Waals surface area contributed by atoms with E-state index in [2.05, 4.69) is 5.32 Å². The Balaban J connectivity index is 2.40. The SMILES string of the molecule is CN(CC1CCCN1)S(C)(=O)=O. The normalized spacial score (nSPS) is 25.1. The highest BCUT2D eigenvalue weighted by atomic mass is 32.2. The summed E-state index contributed by atoms with van der Waals surface area (Å²) in [6.45, 7) is 1.61. The van der Waals surface area contributed by atoms with Crippen molar-refractivity contribution in [2.24, 2.45) is 0 Å². The summed E-state index contributed by atoms with van der Waals surface area (Å²) < 4.78 is 23.4. The Bertz CT molecular complexity index is 232. The quantitative estimate of drug-likeness (QED) is 0.664. The van der Waals surface area contributed by atoms with Crippen molar-refractivity contribution in [3.63, 3.8) is 0 Å². The van der Waals surface area contributed by atoms with E-state index in [0.717, 1.165) is 19.4 Å². The maximum absolute atomic E-state index is 11.0. The summed E-state index contributed by atoms with van der Waals surface area (Å²) in [5, 5.41) is 3.25. The number of rotatable bonds is 3. The predicted octanol–water partition coefficient (Wildman–Crippen LogP) is -0.370. The third-order valence-electron chi connectivity index (χ3n) is 2.21. The molecule has 1 aliphatic heterocycles. The largest absolute Gasteiger partial charge is 0.313 e. The van der Waals surface area contributed by atoms with Crippen LogP contribution in [-0.2, 0) is 10.0 Å². The summed E-state index contributed by atoms with van der Waals surface area (Å²) in [7, 11) is -1.38. The van der Waals surface area contributed by atoms with Crippen molar-refractivity contribution in [2.75, 3.05) is 26.4 Å². The van der Waals surface area contributed by atoms with Gasteiger partial charge in [-0.1, -0.05) is 0 Å². The monoisotopic (exact) mass is 192 g/mol. The Morgan fingerprint density at radius 2 is 2.25 bits per heavy atom. The lowest BCUT2D eigenvalue weighted by Gasteiger charge is -2.18. The van der Waals surface area contributed by atoms with E-state index in [1.54, 1.807) is 7.05 Å². The fourth-order valence-corrected chi connectivity index (χ4v) is 1.81. The van der Waals surface area contributed by atoms with Crippen molar-refractivity contribution in [2.45, 2.75) is 18.9 Å². The molecule has 0 aromatic heterocycles. The molecule has 1 rings (SSSR count). The molecular formula is C7H16N2O2S. The first-order valence-electron chi connectivity index (χ1n) is 4.15. The van der Waals surface area contributed by atoms with Crippen LogP contribution in [0.5, 0.6) is 0 Å². The van der Waals surface area contributed by atoms with Crippen LogP contribution in [0.1, 0.15) is 12.8 Å². The first-order valence-corrected chi connectivity index (χ1v) is 5.99. The van der Waals surface area contributed by atoms with Crippen LogP contribution >= 0.6 is 0 Å². The van der Waals surface area contributed by atoms with E-state index in [9.17, 15) is 8.42 Å². The zero-order valence-electron chi connectivity index (χ0n) is 7.58. The first-order chi connectivity index (χ1) is 5.50. The Hall–Kier alpha value is -0.130. The van der Waals surface area contributed by atoms with Gasteiger partial charge in [-0.05, 0) is 19.4 Å². The highest BCUT2D eigenvalue weighted by molar-refractivity contribution is 7.88. The fourth-order valence-electron chi connectivity index (χ4n) is 1.36. The van der Waals surface area contributed by atoms with Crippen molar-refractivity contribution in [3.8, 4) is 0 Å². The van der Waals surface area contributed by atoms with Crippen LogP contribution in [0.2, 0.25) is 0 Å². The molecule has 12 heavy (non-hydrogen) atoms. The summed E-state index contributed by atoms with van der Waals surface area (Å²) in [5.74, 6) is 0. The number of hydrogen-bond donors (Lipinski definition) is 1. The number of likely N-dealkylation sites (N-methyl/N-ethyl adjacent to an activating group) is 1. The van der Waals surface area contributed by atoms with E-state index in [-0.39, 0.29) is 0 Å². The maximum atomic E-state index is 11.0. The van der Waals surface area contributed by atoms with Crippen LogP contribution < -0.4 is 5.32 Å². The van der Waals surface area contributed by atoms with Gasteiger partial charge in [0.15, 0.2) is 0 Å². The van der Waals surface area contributed by atoms with Gasteiger partial charge in [-0.15, -0.1) is 0 Å². The molecule has 1 atom stereocenters. The molecule has 0 aromatic carbocycles. The van der Waals surface area contributed by atoms with Crippen molar-refractivity contribution in [1.29, 1.82) is 0 Å². The molecule has 0 aromatic rings. The topological polar surface area (TPSA) is 49.4 Å². The van der Waals surface area contributed by atoms with Gasteiger partial charge in [0.1, 0.15) is 0 Å². The average Bonchev–Trinajstić information content (AvgIpc) is 2.37. The summed E-state index contributed by atoms with van der Waals surface area (Å²) in [4.78, 5) is 0. The number of sulfonamides is 1. The number of hydrogen-bond acceptors (Lipinski definition) is 3. The van der Waals surface area contributed by atoms with Crippen LogP contribution in [0.3, 0.4) is 0 Å². The van der Waals surface area contributed by atoms with Crippen LogP contribution in [0, 0.1) is 0 Å². The van der Waals surface area contributed by atoms with Gasteiger partial charge in [0.2, 0.25) is 10.0 Å². The second kappa shape index (κ2) is 3.72. The van der Waals surface area contributed by atoms with Gasteiger partial charge in [-0.3, -0.25) is 0 Å². The minimum Gasteiger partial charge on any atom is -0.313 e. The molecule has 0 saturated carbocycles. The number of nitrogens with one attached hydrogen (secondary N) is 1. The molecule has 1 unspecified atom stereocenters. The maximum Gasteiger partial charge on any atom is 0.211 e. The Morgan fingerprint density at radius 3 is 2.67 bits per heavy atom. The third kappa shape index (κ3) is 2.73. The highest BCUT2D eigenvalue weighted by Crippen LogP contribution is 2.07. The molecule has 0 bridgehead atoms. The van der Waals surface area contributed by atoms with E-state index in [0.29, 0.717) is 12.6 Å². The van der Waals surface area contributed by atoms with Crippen LogP contribution in [0.15, 0.2) is 0 Å². The molecule has 72 valence electrons.